The first-order valence-electron chi connectivity index (χ1n) is 7.81. The van der Waals surface area contributed by atoms with Crippen LogP contribution in [0.5, 0.6) is 0 Å². The zero-order valence-electron chi connectivity index (χ0n) is 13.5. The second-order valence-electron chi connectivity index (χ2n) is 6.22. The van der Waals surface area contributed by atoms with Crippen molar-refractivity contribution in [1.29, 1.82) is 0 Å². The first-order valence-corrected chi connectivity index (χ1v) is 7.81. The summed E-state index contributed by atoms with van der Waals surface area (Å²) in [7, 11) is 0. The van der Waals surface area contributed by atoms with Crippen molar-refractivity contribution in [3.63, 3.8) is 0 Å². The lowest BCUT2D eigenvalue weighted by molar-refractivity contribution is -0.202. The molecular weight excluding hydrogens is 304 g/mol. The van der Waals surface area contributed by atoms with Gasteiger partial charge in [0.15, 0.2) is 12.0 Å². The van der Waals surface area contributed by atoms with Crippen LogP contribution in [0.25, 0.3) is 0 Å². The van der Waals surface area contributed by atoms with E-state index < -0.39 is 29.4 Å². The van der Waals surface area contributed by atoms with Crippen molar-refractivity contribution in [2.24, 2.45) is 0 Å². The van der Waals surface area contributed by atoms with Crippen LogP contribution in [0.2, 0.25) is 0 Å². The van der Waals surface area contributed by atoms with Gasteiger partial charge in [-0.3, -0.25) is 14.3 Å². The van der Waals surface area contributed by atoms with Gasteiger partial charge in [0.05, 0.1) is 6.61 Å². The summed E-state index contributed by atoms with van der Waals surface area (Å²) in [5, 5.41) is 0. The average molecular weight is 326 g/mol. The Bertz CT molecular complexity index is 666. The van der Waals surface area contributed by atoms with Crippen molar-refractivity contribution in [1.82, 2.24) is 9.55 Å². The Kier molecular flexibility index (Phi) is 4.41. The molecule has 4 atom stereocenters. The summed E-state index contributed by atoms with van der Waals surface area (Å²) in [5.41, 5.74) is -0.989. The predicted molar refractivity (Wildman–Crippen MR) is 80.2 cm³/mol. The van der Waals surface area contributed by atoms with Crippen LogP contribution in [0.15, 0.2) is 21.9 Å². The lowest BCUT2D eigenvalue weighted by atomic mass is 10.1. The third-order valence-corrected chi connectivity index (χ3v) is 3.88. The molecule has 0 saturated carbocycles. The molecule has 0 aliphatic carbocycles. The van der Waals surface area contributed by atoms with E-state index >= 15 is 0 Å². The van der Waals surface area contributed by atoms with Gasteiger partial charge in [-0.1, -0.05) is 6.92 Å². The smallest absolute Gasteiger partial charge is 0.330 e. The Hall–Kier alpha value is -1.48. The molecule has 8 heteroatoms. The van der Waals surface area contributed by atoms with E-state index in [4.69, 9.17) is 18.9 Å². The fourth-order valence-corrected chi connectivity index (χ4v) is 2.99. The van der Waals surface area contributed by atoms with Gasteiger partial charge in [-0.05, 0) is 20.3 Å². The fraction of sp³-hybridized carbons (Fsp3) is 0.733. The number of aromatic amines is 1. The van der Waals surface area contributed by atoms with E-state index in [1.165, 1.54) is 16.8 Å². The Morgan fingerprint density at radius 2 is 2.04 bits per heavy atom. The third-order valence-electron chi connectivity index (χ3n) is 3.88. The van der Waals surface area contributed by atoms with Gasteiger partial charge in [0.1, 0.15) is 18.3 Å². The topological polar surface area (TPSA) is 91.8 Å². The highest BCUT2D eigenvalue weighted by molar-refractivity contribution is 4.98. The van der Waals surface area contributed by atoms with Crippen LogP contribution >= 0.6 is 0 Å². The second kappa shape index (κ2) is 6.20. The number of rotatable bonds is 5. The highest BCUT2D eigenvalue weighted by Crippen LogP contribution is 2.42. The second-order valence-corrected chi connectivity index (χ2v) is 6.22. The normalized spacial score (nSPS) is 32.1. The molecule has 1 unspecified atom stereocenters. The molecule has 2 aliphatic rings. The highest BCUT2D eigenvalue weighted by atomic mass is 16.8. The highest BCUT2D eigenvalue weighted by Gasteiger charge is 2.56. The number of fused-ring (bicyclic) bond motifs is 1. The molecule has 2 fully saturated rings. The van der Waals surface area contributed by atoms with Gasteiger partial charge in [-0.2, -0.15) is 0 Å². The Labute approximate surface area is 133 Å². The van der Waals surface area contributed by atoms with Crippen molar-refractivity contribution in [2.75, 3.05) is 13.2 Å². The molecule has 2 saturated heterocycles. The molecule has 0 bridgehead atoms. The molecule has 0 spiro atoms. The van der Waals surface area contributed by atoms with Crippen LogP contribution in [0, 0.1) is 0 Å². The summed E-state index contributed by atoms with van der Waals surface area (Å²) in [6.45, 7) is 6.66. The standard InChI is InChI=1S/C15H22N2O6/c1-4-7-20-8-9-11-12(23-15(2,3)22-11)13(21-9)17-6-5-10(18)16-14(17)19/h5-6,9,11-13H,4,7-8H2,1-3H3,(H,16,18,19)/t9-,11?,12+,13-/m1/s1. The van der Waals surface area contributed by atoms with Gasteiger partial charge >= 0.3 is 5.69 Å². The quantitative estimate of drug-likeness (QED) is 0.787. The fourth-order valence-electron chi connectivity index (χ4n) is 2.99. The van der Waals surface area contributed by atoms with Crippen LogP contribution in [0.3, 0.4) is 0 Å². The molecular formula is C15H22N2O6. The maximum absolute atomic E-state index is 12.0. The molecule has 1 aromatic heterocycles. The summed E-state index contributed by atoms with van der Waals surface area (Å²) >= 11 is 0. The van der Waals surface area contributed by atoms with Gasteiger partial charge in [0.25, 0.3) is 5.56 Å². The van der Waals surface area contributed by atoms with Crippen LogP contribution in [0.1, 0.15) is 33.4 Å². The summed E-state index contributed by atoms with van der Waals surface area (Å²) in [6.07, 6.45) is 0.548. The lowest BCUT2D eigenvalue weighted by Gasteiger charge is -2.24. The summed E-state index contributed by atoms with van der Waals surface area (Å²) in [4.78, 5) is 25.5. The first-order chi connectivity index (χ1) is 10.9. The SMILES string of the molecule is CCCOC[C@H]1O[C@@H](n2ccc(=O)[nH]c2=O)[C@H]2OC(C)(C)OC12. The van der Waals surface area contributed by atoms with E-state index in [1.54, 1.807) is 0 Å². The van der Waals surface area contributed by atoms with Crippen molar-refractivity contribution >= 4 is 0 Å². The van der Waals surface area contributed by atoms with Gasteiger partial charge in [0, 0.05) is 18.9 Å². The monoisotopic (exact) mass is 326 g/mol. The number of aromatic nitrogens is 2. The maximum Gasteiger partial charge on any atom is 0.330 e. The molecule has 8 nitrogen and oxygen atoms in total. The largest absolute Gasteiger partial charge is 0.379 e. The molecule has 0 aromatic carbocycles. The molecule has 0 amide bonds. The van der Waals surface area contributed by atoms with Crippen LogP contribution in [-0.2, 0) is 18.9 Å². The Balaban J connectivity index is 1.85. The average Bonchev–Trinajstić information content (AvgIpc) is 2.94. The zero-order chi connectivity index (χ0) is 16.6. The van der Waals surface area contributed by atoms with Crippen LogP contribution < -0.4 is 11.2 Å². The van der Waals surface area contributed by atoms with E-state index in [0.717, 1.165) is 6.42 Å². The molecule has 3 heterocycles. The zero-order valence-corrected chi connectivity index (χ0v) is 13.5. The summed E-state index contributed by atoms with van der Waals surface area (Å²) in [5.74, 6) is -0.758. The maximum atomic E-state index is 12.0. The summed E-state index contributed by atoms with van der Waals surface area (Å²) < 4.78 is 24.7. The van der Waals surface area contributed by atoms with Gasteiger partial charge < -0.3 is 18.9 Å². The minimum absolute atomic E-state index is 0.328. The lowest BCUT2D eigenvalue weighted by Crippen LogP contribution is -2.37. The number of H-pyrrole nitrogens is 1. The molecule has 3 rings (SSSR count). The summed E-state index contributed by atoms with van der Waals surface area (Å²) in [6, 6.07) is 1.28. The van der Waals surface area contributed by atoms with Crippen LogP contribution in [0.4, 0.5) is 0 Å². The minimum atomic E-state index is -0.758. The Morgan fingerprint density at radius 1 is 1.30 bits per heavy atom. The predicted octanol–water partition coefficient (Wildman–Crippen LogP) is 0.381. The minimum Gasteiger partial charge on any atom is -0.379 e. The number of nitrogens with one attached hydrogen (secondary N) is 1. The van der Waals surface area contributed by atoms with E-state index in [9.17, 15) is 9.59 Å². The van der Waals surface area contributed by atoms with E-state index in [-0.39, 0.29) is 12.2 Å². The number of nitrogens with zero attached hydrogens (tertiary/aromatic N) is 1. The van der Waals surface area contributed by atoms with Crippen molar-refractivity contribution in [3.05, 3.63) is 33.1 Å². The molecule has 1 N–H and O–H groups in total. The Morgan fingerprint density at radius 3 is 2.74 bits per heavy atom. The van der Waals surface area contributed by atoms with Crippen molar-refractivity contribution < 1.29 is 18.9 Å². The molecule has 0 radical (unpaired) electrons. The molecule has 23 heavy (non-hydrogen) atoms. The van der Waals surface area contributed by atoms with E-state index in [1.807, 2.05) is 20.8 Å². The van der Waals surface area contributed by atoms with E-state index in [2.05, 4.69) is 4.98 Å². The van der Waals surface area contributed by atoms with Gasteiger partial charge in [-0.15, -0.1) is 0 Å². The van der Waals surface area contributed by atoms with Gasteiger partial charge in [0.2, 0.25) is 0 Å². The van der Waals surface area contributed by atoms with Gasteiger partial charge in [-0.25, -0.2) is 4.79 Å². The van der Waals surface area contributed by atoms with E-state index in [0.29, 0.717) is 13.2 Å². The third kappa shape index (κ3) is 3.25. The first kappa shape index (κ1) is 16.4. The van der Waals surface area contributed by atoms with Crippen LogP contribution in [-0.4, -0.2) is 46.9 Å². The molecule has 128 valence electrons. The number of ether oxygens (including phenoxy) is 4. The molecule has 1 aromatic rings. The number of hydrogen-bond donors (Lipinski definition) is 1. The van der Waals surface area contributed by atoms with Crippen molar-refractivity contribution in [2.45, 2.75) is 57.5 Å². The van der Waals surface area contributed by atoms with Crippen molar-refractivity contribution in [3.8, 4) is 0 Å². The number of hydrogen-bond acceptors (Lipinski definition) is 6. The molecule has 2 aliphatic heterocycles.